The van der Waals surface area contributed by atoms with E-state index in [-0.39, 0.29) is 0 Å². The van der Waals surface area contributed by atoms with E-state index in [0.29, 0.717) is 0 Å². The first-order valence-corrected chi connectivity index (χ1v) is 14.1. The van der Waals surface area contributed by atoms with Gasteiger partial charge in [-0.05, 0) is 110 Å². The van der Waals surface area contributed by atoms with Gasteiger partial charge in [0, 0.05) is 0 Å². The molecule has 0 N–H and O–H groups in total. The largest absolute Gasteiger partial charge is 0.457 e. The fourth-order valence-corrected chi connectivity index (χ4v) is 4.81. The highest BCUT2D eigenvalue weighted by molar-refractivity contribution is 5.34. The molecule has 0 aliphatic carbocycles. The first-order chi connectivity index (χ1) is 18.1. The van der Waals surface area contributed by atoms with Crippen LogP contribution in [0.1, 0.15) is 61.8 Å². The maximum absolute atomic E-state index is 6.11. The summed E-state index contributed by atoms with van der Waals surface area (Å²) in [6.07, 6.45) is 9.51. The predicted molar refractivity (Wildman–Crippen MR) is 157 cm³/mol. The zero-order valence-electron chi connectivity index (χ0n) is 22.6. The molecule has 0 amide bonds. The van der Waals surface area contributed by atoms with E-state index in [1.165, 1.54) is 60.8 Å². The van der Waals surface area contributed by atoms with Crippen molar-refractivity contribution in [3.8, 4) is 11.5 Å². The normalized spacial score (nSPS) is 12.7. The molecule has 37 heavy (non-hydrogen) atoms. The van der Waals surface area contributed by atoms with Gasteiger partial charge in [-0.2, -0.15) is 0 Å². The Balaban J connectivity index is 1.15. The molecule has 0 radical (unpaired) electrons. The van der Waals surface area contributed by atoms with E-state index in [4.69, 9.17) is 4.74 Å². The molecule has 0 fully saturated rings. The van der Waals surface area contributed by atoms with Crippen molar-refractivity contribution in [3.05, 3.63) is 131 Å². The number of hydrogen-bond donors (Lipinski definition) is 0. The highest BCUT2D eigenvalue weighted by atomic mass is 16.5. The molecule has 2 unspecified atom stereocenters. The van der Waals surface area contributed by atoms with E-state index >= 15 is 0 Å². The first-order valence-electron chi connectivity index (χ1n) is 14.1. The van der Waals surface area contributed by atoms with Gasteiger partial charge in [0.15, 0.2) is 0 Å². The van der Waals surface area contributed by atoms with E-state index in [2.05, 4.69) is 123 Å². The summed E-state index contributed by atoms with van der Waals surface area (Å²) in [5.74, 6) is 3.26. The van der Waals surface area contributed by atoms with Gasteiger partial charge in [-0.1, -0.05) is 98.8 Å². The maximum atomic E-state index is 6.11. The lowest BCUT2D eigenvalue weighted by molar-refractivity contribution is 0.479. The van der Waals surface area contributed by atoms with Crippen LogP contribution in [-0.4, -0.2) is 0 Å². The molecule has 0 aromatic heterocycles. The van der Waals surface area contributed by atoms with Crippen LogP contribution in [0.3, 0.4) is 0 Å². The van der Waals surface area contributed by atoms with Gasteiger partial charge in [0.1, 0.15) is 11.5 Å². The third-order valence-electron chi connectivity index (χ3n) is 7.47. The minimum Gasteiger partial charge on any atom is -0.457 e. The summed E-state index contributed by atoms with van der Waals surface area (Å²) < 4.78 is 6.11. The van der Waals surface area contributed by atoms with E-state index in [0.717, 1.165) is 36.2 Å². The summed E-state index contributed by atoms with van der Waals surface area (Å²) in [7, 11) is 0. The lowest BCUT2D eigenvalue weighted by atomic mass is 9.95. The Kier molecular flexibility index (Phi) is 10.4. The molecular weight excluding hydrogens is 448 g/mol. The van der Waals surface area contributed by atoms with Crippen molar-refractivity contribution < 1.29 is 4.74 Å². The van der Waals surface area contributed by atoms with Crippen LogP contribution in [0.4, 0.5) is 0 Å². The van der Waals surface area contributed by atoms with Crippen LogP contribution in [0.2, 0.25) is 0 Å². The topological polar surface area (TPSA) is 9.23 Å². The second-order valence-electron chi connectivity index (χ2n) is 10.7. The van der Waals surface area contributed by atoms with Crippen LogP contribution >= 0.6 is 0 Å². The van der Waals surface area contributed by atoms with E-state index < -0.39 is 0 Å². The molecular formula is C36H42O. The van der Waals surface area contributed by atoms with E-state index in [1.807, 2.05) is 0 Å². The molecule has 0 aliphatic heterocycles. The number of ether oxygens (including phenoxy) is 1. The zero-order chi connectivity index (χ0) is 25.7. The van der Waals surface area contributed by atoms with Crippen LogP contribution in [0.5, 0.6) is 11.5 Å². The Morgan fingerprint density at radius 1 is 0.405 bits per heavy atom. The van der Waals surface area contributed by atoms with Gasteiger partial charge in [0.2, 0.25) is 0 Å². The molecule has 0 aliphatic rings. The summed E-state index contributed by atoms with van der Waals surface area (Å²) in [4.78, 5) is 0. The van der Waals surface area contributed by atoms with E-state index in [1.54, 1.807) is 0 Å². The molecule has 0 saturated heterocycles. The summed E-state index contributed by atoms with van der Waals surface area (Å²) in [6, 6.07) is 38.9. The number of hydrogen-bond acceptors (Lipinski definition) is 1. The smallest absolute Gasteiger partial charge is 0.127 e. The van der Waals surface area contributed by atoms with Crippen molar-refractivity contribution in [2.24, 2.45) is 11.8 Å². The SMILES string of the molecule is CC(CCc1ccccc1)CCc1ccc(Oc2ccc(CCC(C)CCc3ccccc3)cc2)cc1. The molecule has 0 saturated carbocycles. The zero-order valence-corrected chi connectivity index (χ0v) is 22.6. The number of rotatable bonds is 14. The summed E-state index contributed by atoms with van der Waals surface area (Å²) in [6.45, 7) is 4.74. The van der Waals surface area contributed by atoms with Crippen LogP contribution in [0.15, 0.2) is 109 Å². The standard InChI is InChI=1S/C36H42O/c1-29(13-17-31-9-5-3-6-10-31)15-19-33-21-25-35(26-22-33)37-36-27-23-34(24-28-36)20-16-30(2)14-18-32-11-7-4-8-12-32/h3-12,21-30H,13-20H2,1-2H3. The van der Waals surface area contributed by atoms with Crippen molar-refractivity contribution in [3.63, 3.8) is 0 Å². The molecule has 0 heterocycles. The molecule has 1 nitrogen and oxygen atoms in total. The Bertz CT molecular complexity index is 1050. The summed E-state index contributed by atoms with van der Waals surface area (Å²) in [5, 5.41) is 0. The van der Waals surface area contributed by atoms with Gasteiger partial charge in [0.05, 0.1) is 0 Å². The molecule has 1 heteroatoms. The first kappa shape index (κ1) is 26.7. The van der Waals surface area contributed by atoms with Crippen molar-refractivity contribution in [2.75, 3.05) is 0 Å². The van der Waals surface area contributed by atoms with Crippen LogP contribution in [0, 0.1) is 11.8 Å². The van der Waals surface area contributed by atoms with Crippen LogP contribution in [0.25, 0.3) is 0 Å². The average Bonchev–Trinajstić information content (AvgIpc) is 2.95. The molecule has 4 aromatic carbocycles. The van der Waals surface area contributed by atoms with Crippen LogP contribution in [-0.2, 0) is 25.7 Å². The molecule has 0 spiro atoms. The van der Waals surface area contributed by atoms with Crippen molar-refractivity contribution >= 4 is 0 Å². The van der Waals surface area contributed by atoms with Gasteiger partial charge in [-0.3, -0.25) is 0 Å². The molecule has 192 valence electrons. The molecule has 4 aromatic rings. The van der Waals surface area contributed by atoms with Crippen molar-refractivity contribution in [2.45, 2.75) is 65.2 Å². The van der Waals surface area contributed by atoms with E-state index in [9.17, 15) is 0 Å². The summed E-state index contributed by atoms with van der Waals surface area (Å²) in [5.41, 5.74) is 5.65. The minimum atomic E-state index is 0.724. The fraction of sp³-hybridized carbons (Fsp3) is 0.333. The lowest BCUT2D eigenvalue weighted by Gasteiger charge is -2.13. The molecule has 2 atom stereocenters. The fourth-order valence-electron chi connectivity index (χ4n) is 4.81. The van der Waals surface area contributed by atoms with Crippen molar-refractivity contribution in [1.82, 2.24) is 0 Å². The third kappa shape index (κ3) is 9.57. The van der Waals surface area contributed by atoms with Gasteiger partial charge in [-0.25, -0.2) is 0 Å². The monoisotopic (exact) mass is 490 g/mol. The summed E-state index contributed by atoms with van der Waals surface area (Å²) >= 11 is 0. The van der Waals surface area contributed by atoms with Gasteiger partial charge in [0.25, 0.3) is 0 Å². The Morgan fingerprint density at radius 2 is 0.703 bits per heavy atom. The predicted octanol–water partition coefficient (Wildman–Crippen LogP) is 9.88. The van der Waals surface area contributed by atoms with Crippen LogP contribution < -0.4 is 4.74 Å². The Hall–Kier alpha value is -3.32. The lowest BCUT2D eigenvalue weighted by Crippen LogP contribution is -2.00. The highest BCUT2D eigenvalue weighted by Crippen LogP contribution is 2.24. The highest BCUT2D eigenvalue weighted by Gasteiger charge is 2.06. The van der Waals surface area contributed by atoms with Gasteiger partial charge in [-0.15, -0.1) is 0 Å². The quantitative estimate of drug-likeness (QED) is 0.171. The average molecular weight is 491 g/mol. The van der Waals surface area contributed by atoms with Gasteiger partial charge >= 0.3 is 0 Å². The minimum absolute atomic E-state index is 0.724. The number of aryl methyl sites for hydroxylation is 4. The Morgan fingerprint density at radius 3 is 1.03 bits per heavy atom. The Labute approximate surface area is 224 Å². The number of benzene rings is 4. The van der Waals surface area contributed by atoms with Gasteiger partial charge < -0.3 is 4.74 Å². The third-order valence-corrected chi connectivity index (χ3v) is 7.47. The maximum Gasteiger partial charge on any atom is 0.127 e. The second kappa shape index (κ2) is 14.4. The van der Waals surface area contributed by atoms with Crippen molar-refractivity contribution in [1.29, 1.82) is 0 Å². The molecule has 4 rings (SSSR count). The molecule has 0 bridgehead atoms. The second-order valence-corrected chi connectivity index (χ2v) is 10.7.